The van der Waals surface area contributed by atoms with E-state index in [2.05, 4.69) is 10.3 Å². The molecule has 1 saturated carbocycles. The molecule has 3 aliphatic rings. The Hall–Kier alpha value is -1.51. The van der Waals surface area contributed by atoms with Crippen molar-refractivity contribution in [2.75, 3.05) is 18.4 Å². The number of pyridine rings is 1. The van der Waals surface area contributed by atoms with Crippen molar-refractivity contribution in [3.8, 4) is 0 Å². The van der Waals surface area contributed by atoms with Crippen LogP contribution in [0, 0.1) is 5.92 Å². The Bertz CT molecular complexity index is 705. The summed E-state index contributed by atoms with van der Waals surface area (Å²) in [5.74, 6) is -0.448. The predicted octanol–water partition coefficient (Wildman–Crippen LogP) is 0.602. The number of hydrogen-bond donors (Lipinski definition) is 1. The van der Waals surface area contributed by atoms with Gasteiger partial charge in [0.05, 0.1) is 35.3 Å². The van der Waals surface area contributed by atoms with Gasteiger partial charge in [-0.25, -0.2) is 8.42 Å². The lowest BCUT2D eigenvalue weighted by Crippen LogP contribution is -2.48. The third-order valence-electron chi connectivity index (χ3n) is 4.70. The summed E-state index contributed by atoms with van der Waals surface area (Å²) in [6.07, 6.45) is 4.74. The lowest BCUT2D eigenvalue weighted by atomic mass is 9.99. The van der Waals surface area contributed by atoms with E-state index in [0.717, 1.165) is 12.8 Å². The van der Waals surface area contributed by atoms with Gasteiger partial charge in [-0.1, -0.05) is 0 Å². The first kappa shape index (κ1) is 15.0. The van der Waals surface area contributed by atoms with E-state index in [1.54, 1.807) is 24.5 Å². The van der Waals surface area contributed by atoms with Gasteiger partial charge in [0.25, 0.3) is 0 Å². The molecule has 7 nitrogen and oxygen atoms in total. The number of rotatable bonds is 4. The molecule has 124 valence electrons. The Morgan fingerprint density at radius 1 is 1.35 bits per heavy atom. The summed E-state index contributed by atoms with van der Waals surface area (Å²) in [4.78, 5) is 16.4. The molecule has 1 aromatic heterocycles. The monoisotopic (exact) mass is 337 g/mol. The Morgan fingerprint density at radius 3 is 2.87 bits per heavy atom. The van der Waals surface area contributed by atoms with Crippen molar-refractivity contribution in [3.63, 3.8) is 0 Å². The lowest BCUT2D eigenvalue weighted by molar-refractivity contribution is -0.122. The Kier molecular flexibility index (Phi) is 3.62. The molecule has 1 N–H and O–H groups in total. The molecule has 4 rings (SSSR count). The van der Waals surface area contributed by atoms with Gasteiger partial charge in [0.1, 0.15) is 0 Å². The number of fused-ring (bicyclic) bond motifs is 2. The van der Waals surface area contributed by atoms with E-state index >= 15 is 0 Å². The minimum atomic E-state index is -3.21. The van der Waals surface area contributed by atoms with E-state index in [1.165, 1.54) is 4.31 Å². The highest BCUT2D eigenvalue weighted by Gasteiger charge is 2.50. The molecule has 2 aliphatic heterocycles. The highest BCUT2D eigenvalue weighted by Crippen LogP contribution is 2.37. The number of anilines is 1. The zero-order valence-electron chi connectivity index (χ0n) is 12.6. The van der Waals surface area contributed by atoms with Gasteiger partial charge in [0.2, 0.25) is 15.9 Å². The van der Waals surface area contributed by atoms with E-state index in [-0.39, 0.29) is 35.8 Å². The van der Waals surface area contributed by atoms with Crippen LogP contribution in [0.3, 0.4) is 0 Å². The third-order valence-corrected chi connectivity index (χ3v) is 7.03. The molecule has 0 aromatic carbocycles. The number of hydrogen-bond acceptors (Lipinski definition) is 5. The SMILES string of the molecule is O=C(Nc1cccnc1)[C@@H]1C[C@H]2CN(S(=O)(=O)C3CC3)C[C@@H]1O2. The fourth-order valence-corrected chi connectivity index (χ4v) is 5.24. The number of nitrogens with one attached hydrogen (secondary N) is 1. The quantitative estimate of drug-likeness (QED) is 0.869. The molecular weight excluding hydrogens is 318 g/mol. The van der Waals surface area contributed by atoms with E-state index in [0.29, 0.717) is 18.7 Å². The molecule has 8 heteroatoms. The summed E-state index contributed by atoms with van der Waals surface area (Å²) in [6.45, 7) is 0.645. The number of amides is 1. The summed E-state index contributed by atoms with van der Waals surface area (Å²) < 4.78 is 32.1. The second kappa shape index (κ2) is 5.54. The van der Waals surface area contributed by atoms with Crippen LogP contribution >= 0.6 is 0 Å². The highest BCUT2D eigenvalue weighted by atomic mass is 32.2. The van der Waals surface area contributed by atoms with Crippen molar-refractivity contribution in [2.24, 2.45) is 5.92 Å². The molecule has 2 bridgehead atoms. The van der Waals surface area contributed by atoms with Gasteiger partial charge in [-0.2, -0.15) is 4.31 Å². The Balaban J connectivity index is 1.45. The Morgan fingerprint density at radius 2 is 2.17 bits per heavy atom. The van der Waals surface area contributed by atoms with Crippen LogP contribution in [0.25, 0.3) is 0 Å². The van der Waals surface area contributed by atoms with Crippen molar-refractivity contribution >= 4 is 21.6 Å². The van der Waals surface area contributed by atoms with Gasteiger partial charge < -0.3 is 10.1 Å². The van der Waals surface area contributed by atoms with E-state index in [1.807, 2.05) is 0 Å². The van der Waals surface area contributed by atoms with E-state index < -0.39 is 10.0 Å². The normalized spacial score (nSPS) is 31.0. The maximum absolute atomic E-state index is 12.5. The lowest BCUT2D eigenvalue weighted by Gasteiger charge is -2.32. The largest absolute Gasteiger partial charge is 0.371 e. The first-order valence-corrected chi connectivity index (χ1v) is 9.39. The summed E-state index contributed by atoms with van der Waals surface area (Å²) in [7, 11) is -3.21. The minimum absolute atomic E-state index is 0.129. The maximum Gasteiger partial charge on any atom is 0.230 e. The van der Waals surface area contributed by atoms with Gasteiger partial charge in [-0.3, -0.25) is 9.78 Å². The van der Waals surface area contributed by atoms with Gasteiger partial charge in [-0.05, 0) is 31.4 Å². The van der Waals surface area contributed by atoms with Crippen LogP contribution in [0.5, 0.6) is 0 Å². The van der Waals surface area contributed by atoms with Crippen LogP contribution in [0.1, 0.15) is 19.3 Å². The summed E-state index contributed by atoms with van der Waals surface area (Å²) in [5, 5.41) is 2.62. The number of carbonyl (C=O) groups is 1. The molecule has 23 heavy (non-hydrogen) atoms. The molecule has 1 amide bonds. The standard InChI is InChI=1S/C15H19N3O4S/c19-15(17-10-2-1-5-16-7-10)13-6-11-8-18(9-14(13)22-11)23(20,21)12-3-4-12/h1-2,5,7,11-14H,3-4,6,8-9H2,(H,17,19)/t11-,13+,14-/m0/s1. The third kappa shape index (κ3) is 2.86. The smallest absolute Gasteiger partial charge is 0.230 e. The van der Waals surface area contributed by atoms with Crippen LogP contribution in [-0.2, 0) is 19.6 Å². The van der Waals surface area contributed by atoms with Crippen LogP contribution < -0.4 is 5.32 Å². The zero-order chi connectivity index (χ0) is 16.0. The number of carbonyl (C=O) groups excluding carboxylic acids is 1. The van der Waals surface area contributed by atoms with Crippen molar-refractivity contribution in [3.05, 3.63) is 24.5 Å². The second-order valence-electron chi connectivity index (χ2n) is 6.43. The van der Waals surface area contributed by atoms with E-state index in [4.69, 9.17) is 4.74 Å². The molecule has 0 spiro atoms. The van der Waals surface area contributed by atoms with Crippen LogP contribution in [0.2, 0.25) is 0 Å². The van der Waals surface area contributed by atoms with Crippen LogP contribution in [0.4, 0.5) is 5.69 Å². The molecule has 0 unspecified atom stereocenters. The van der Waals surface area contributed by atoms with Crippen molar-refractivity contribution in [1.29, 1.82) is 0 Å². The number of sulfonamides is 1. The number of aromatic nitrogens is 1. The maximum atomic E-state index is 12.5. The predicted molar refractivity (Wildman–Crippen MR) is 83.1 cm³/mol. The summed E-state index contributed by atoms with van der Waals surface area (Å²) in [5.41, 5.74) is 0.640. The Labute approximate surface area is 135 Å². The molecule has 3 fully saturated rings. The summed E-state index contributed by atoms with van der Waals surface area (Å²) in [6, 6.07) is 3.53. The minimum Gasteiger partial charge on any atom is -0.371 e. The molecule has 1 aromatic rings. The van der Waals surface area contributed by atoms with Gasteiger partial charge >= 0.3 is 0 Å². The highest BCUT2D eigenvalue weighted by molar-refractivity contribution is 7.90. The molecule has 2 saturated heterocycles. The van der Waals surface area contributed by atoms with E-state index in [9.17, 15) is 13.2 Å². The fraction of sp³-hybridized carbons (Fsp3) is 0.600. The fourth-order valence-electron chi connectivity index (χ4n) is 3.35. The number of nitrogens with zero attached hydrogens (tertiary/aromatic N) is 2. The molecule has 3 atom stereocenters. The molecule has 0 radical (unpaired) electrons. The second-order valence-corrected chi connectivity index (χ2v) is 8.64. The van der Waals surface area contributed by atoms with Crippen molar-refractivity contribution < 1.29 is 17.9 Å². The zero-order valence-corrected chi connectivity index (χ0v) is 13.4. The van der Waals surface area contributed by atoms with Gasteiger partial charge in [-0.15, -0.1) is 0 Å². The van der Waals surface area contributed by atoms with Gasteiger partial charge in [0.15, 0.2) is 0 Å². The first-order chi connectivity index (χ1) is 11.0. The van der Waals surface area contributed by atoms with Gasteiger partial charge in [0, 0.05) is 19.3 Å². The average molecular weight is 337 g/mol. The summed E-state index contributed by atoms with van der Waals surface area (Å²) >= 11 is 0. The topological polar surface area (TPSA) is 88.6 Å². The van der Waals surface area contributed by atoms with Crippen molar-refractivity contribution in [2.45, 2.75) is 36.7 Å². The van der Waals surface area contributed by atoms with Crippen molar-refractivity contribution in [1.82, 2.24) is 9.29 Å². The first-order valence-electron chi connectivity index (χ1n) is 7.89. The van der Waals surface area contributed by atoms with Crippen LogP contribution in [-0.4, -0.2) is 54.2 Å². The number of morpholine rings is 1. The molecular formula is C15H19N3O4S. The average Bonchev–Trinajstić information content (AvgIpc) is 3.35. The molecule has 1 aliphatic carbocycles. The molecule has 3 heterocycles. The number of ether oxygens (including phenoxy) is 1. The van der Waals surface area contributed by atoms with Crippen LogP contribution in [0.15, 0.2) is 24.5 Å².